The lowest BCUT2D eigenvalue weighted by Crippen LogP contribution is -2.25. The Balaban J connectivity index is 2.66. The molecule has 2 rings (SSSR count). The molecule has 0 fully saturated rings. The Hall–Kier alpha value is -2.83. The standard InChI is InChI=1S/C20H26FN3O3/c1-5-14(6-2)24-17-16(19(25)22-4)20(26-12-21)23-13(3)18(17)27-15-10-8-7-9-11-15/h7-11,14H,5-6,12H2,1-4H3,(H,22,25)(H,23,24). The maximum atomic E-state index is 12.9. The van der Waals surface area contributed by atoms with Gasteiger partial charge in [0.15, 0.2) is 5.75 Å². The zero-order valence-electron chi connectivity index (χ0n) is 16.1. The highest BCUT2D eigenvalue weighted by Gasteiger charge is 2.26. The smallest absolute Gasteiger partial charge is 0.258 e. The minimum absolute atomic E-state index is 0.0665. The van der Waals surface area contributed by atoms with E-state index < -0.39 is 12.8 Å². The molecule has 0 radical (unpaired) electrons. The van der Waals surface area contributed by atoms with Crippen molar-refractivity contribution in [3.05, 3.63) is 41.6 Å². The van der Waals surface area contributed by atoms with Gasteiger partial charge in [-0.1, -0.05) is 32.0 Å². The Morgan fingerprint density at radius 2 is 1.89 bits per heavy atom. The molecule has 0 saturated carbocycles. The summed E-state index contributed by atoms with van der Waals surface area (Å²) in [6.07, 6.45) is 1.68. The number of para-hydroxylation sites is 1. The minimum atomic E-state index is -1.08. The van der Waals surface area contributed by atoms with Crippen LogP contribution in [0.15, 0.2) is 30.3 Å². The number of amides is 1. The summed E-state index contributed by atoms with van der Waals surface area (Å²) < 4.78 is 23.9. The van der Waals surface area contributed by atoms with Crippen molar-refractivity contribution >= 4 is 11.6 Å². The number of carbonyl (C=O) groups is 1. The summed E-state index contributed by atoms with van der Waals surface area (Å²) >= 11 is 0. The zero-order valence-corrected chi connectivity index (χ0v) is 16.1. The van der Waals surface area contributed by atoms with E-state index in [-0.39, 0.29) is 17.5 Å². The van der Waals surface area contributed by atoms with Gasteiger partial charge in [-0.2, -0.15) is 0 Å². The summed E-state index contributed by atoms with van der Waals surface area (Å²) in [6.45, 7) is 4.74. The van der Waals surface area contributed by atoms with Crippen LogP contribution in [-0.2, 0) is 0 Å². The summed E-state index contributed by atoms with van der Waals surface area (Å²) in [7, 11) is 1.50. The highest BCUT2D eigenvalue weighted by molar-refractivity contribution is 6.03. The number of alkyl halides is 1. The van der Waals surface area contributed by atoms with Crippen molar-refractivity contribution in [3.63, 3.8) is 0 Å². The first-order chi connectivity index (χ1) is 13.0. The third-order valence-corrected chi connectivity index (χ3v) is 4.23. The number of hydrogen-bond donors (Lipinski definition) is 2. The lowest BCUT2D eigenvalue weighted by molar-refractivity contribution is 0.0954. The van der Waals surface area contributed by atoms with Crippen molar-refractivity contribution in [1.82, 2.24) is 10.3 Å². The zero-order chi connectivity index (χ0) is 19.8. The maximum absolute atomic E-state index is 12.9. The summed E-state index contributed by atoms with van der Waals surface area (Å²) in [6, 6.07) is 9.32. The molecule has 0 aliphatic heterocycles. The molecule has 0 atom stereocenters. The molecule has 6 nitrogen and oxygen atoms in total. The number of benzene rings is 1. The summed E-state index contributed by atoms with van der Waals surface area (Å²) in [5.41, 5.74) is 1.06. The molecule has 1 aromatic heterocycles. The number of aryl methyl sites for hydroxylation is 1. The molecule has 7 heteroatoms. The molecule has 0 aliphatic carbocycles. The van der Waals surface area contributed by atoms with Gasteiger partial charge in [0.25, 0.3) is 5.91 Å². The van der Waals surface area contributed by atoms with Crippen molar-refractivity contribution < 1.29 is 18.7 Å². The van der Waals surface area contributed by atoms with Crippen LogP contribution in [0.5, 0.6) is 17.4 Å². The Morgan fingerprint density at radius 3 is 2.44 bits per heavy atom. The maximum Gasteiger partial charge on any atom is 0.258 e. The van der Waals surface area contributed by atoms with Crippen LogP contribution in [0, 0.1) is 6.92 Å². The van der Waals surface area contributed by atoms with Crippen LogP contribution in [0.2, 0.25) is 0 Å². The first-order valence-corrected chi connectivity index (χ1v) is 9.00. The number of hydrogen-bond acceptors (Lipinski definition) is 5. The second kappa shape index (κ2) is 9.75. The number of anilines is 1. The van der Waals surface area contributed by atoms with E-state index in [1.807, 2.05) is 44.2 Å². The number of carbonyl (C=O) groups excluding carboxylic acids is 1. The van der Waals surface area contributed by atoms with Crippen molar-refractivity contribution in [2.45, 2.75) is 39.7 Å². The molecular formula is C20H26FN3O3. The third-order valence-electron chi connectivity index (χ3n) is 4.23. The lowest BCUT2D eigenvalue weighted by atomic mass is 10.1. The monoisotopic (exact) mass is 375 g/mol. The van der Waals surface area contributed by atoms with E-state index >= 15 is 0 Å². The number of ether oxygens (including phenoxy) is 2. The lowest BCUT2D eigenvalue weighted by Gasteiger charge is -2.23. The van der Waals surface area contributed by atoms with Gasteiger partial charge in [0.1, 0.15) is 11.3 Å². The van der Waals surface area contributed by atoms with Crippen molar-refractivity contribution in [2.75, 3.05) is 19.2 Å². The highest BCUT2D eigenvalue weighted by Crippen LogP contribution is 2.40. The molecule has 146 valence electrons. The Labute approximate surface area is 159 Å². The first kappa shape index (κ1) is 20.5. The van der Waals surface area contributed by atoms with Crippen molar-refractivity contribution in [2.24, 2.45) is 0 Å². The van der Waals surface area contributed by atoms with E-state index in [2.05, 4.69) is 15.6 Å². The average Bonchev–Trinajstić information content (AvgIpc) is 2.69. The Bertz CT molecular complexity index is 765. The summed E-state index contributed by atoms with van der Waals surface area (Å²) in [5.74, 6) is 0.524. The van der Waals surface area contributed by atoms with E-state index in [1.165, 1.54) is 7.05 Å². The second-order valence-electron chi connectivity index (χ2n) is 5.99. The first-order valence-electron chi connectivity index (χ1n) is 9.00. The van der Waals surface area contributed by atoms with E-state index in [9.17, 15) is 9.18 Å². The number of pyridine rings is 1. The molecule has 1 aromatic carbocycles. The molecular weight excluding hydrogens is 349 g/mol. The highest BCUT2D eigenvalue weighted by atomic mass is 19.1. The van der Waals surface area contributed by atoms with Gasteiger partial charge in [-0.3, -0.25) is 4.79 Å². The summed E-state index contributed by atoms with van der Waals surface area (Å²) in [5, 5.41) is 5.93. The molecule has 2 N–H and O–H groups in total. The molecule has 0 bridgehead atoms. The molecule has 2 aromatic rings. The van der Waals surface area contributed by atoms with Gasteiger partial charge in [0.05, 0.1) is 11.4 Å². The normalized spacial score (nSPS) is 10.6. The molecule has 0 saturated heterocycles. The van der Waals surface area contributed by atoms with Crippen LogP contribution in [0.25, 0.3) is 0 Å². The van der Waals surface area contributed by atoms with Gasteiger partial charge < -0.3 is 20.1 Å². The van der Waals surface area contributed by atoms with Crippen LogP contribution in [0.4, 0.5) is 10.1 Å². The number of aromatic nitrogens is 1. The largest absolute Gasteiger partial charge is 0.453 e. The van der Waals surface area contributed by atoms with Crippen molar-refractivity contribution in [3.8, 4) is 17.4 Å². The average molecular weight is 375 g/mol. The fourth-order valence-corrected chi connectivity index (χ4v) is 2.72. The minimum Gasteiger partial charge on any atom is -0.453 e. The van der Waals surface area contributed by atoms with Crippen molar-refractivity contribution in [1.29, 1.82) is 0 Å². The van der Waals surface area contributed by atoms with E-state index in [0.717, 1.165) is 12.8 Å². The summed E-state index contributed by atoms with van der Waals surface area (Å²) in [4.78, 5) is 16.8. The van der Waals surface area contributed by atoms with E-state index in [4.69, 9.17) is 9.47 Å². The predicted octanol–water partition coefficient (Wildman–Crippen LogP) is 4.45. The molecule has 1 amide bonds. The number of rotatable bonds is 9. The van der Waals surface area contributed by atoms with Crippen LogP contribution < -0.4 is 20.1 Å². The number of halogens is 1. The molecule has 0 aliphatic rings. The third kappa shape index (κ3) is 4.87. The quantitative estimate of drug-likeness (QED) is 0.677. The topological polar surface area (TPSA) is 72.5 Å². The fourth-order valence-electron chi connectivity index (χ4n) is 2.72. The van der Waals surface area contributed by atoms with Gasteiger partial charge in [0, 0.05) is 13.1 Å². The van der Waals surface area contributed by atoms with Gasteiger partial charge in [-0.05, 0) is 31.9 Å². The number of nitrogens with one attached hydrogen (secondary N) is 2. The fraction of sp³-hybridized carbons (Fsp3) is 0.400. The van der Waals surface area contributed by atoms with Gasteiger partial charge in [0.2, 0.25) is 12.7 Å². The molecule has 0 spiro atoms. The van der Waals surface area contributed by atoms with E-state index in [0.29, 0.717) is 22.9 Å². The molecule has 27 heavy (non-hydrogen) atoms. The number of nitrogens with zero attached hydrogens (tertiary/aromatic N) is 1. The van der Waals surface area contributed by atoms with Crippen LogP contribution in [0.3, 0.4) is 0 Å². The van der Waals surface area contributed by atoms with Crippen LogP contribution in [0.1, 0.15) is 42.7 Å². The Morgan fingerprint density at radius 1 is 1.22 bits per heavy atom. The van der Waals surface area contributed by atoms with Gasteiger partial charge >= 0.3 is 0 Å². The SMILES string of the molecule is CCC(CC)Nc1c(Oc2ccccc2)c(C)nc(OCF)c1C(=O)NC. The predicted molar refractivity (Wildman–Crippen MR) is 103 cm³/mol. The molecule has 0 unspecified atom stereocenters. The van der Waals surface area contributed by atoms with Gasteiger partial charge in [-0.25, -0.2) is 9.37 Å². The second-order valence-corrected chi connectivity index (χ2v) is 5.99. The molecule has 1 heterocycles. The van der Waals surface area contributed by atoms with Crippen LogP contribution in [-0.4, -0.2) is 30.8 Å². The Kier molecular flexibility index (Phi) is 7.40. The van der Waals surface area contributed by atoms with Gasteiger partial charge in [-0.15, -0.1) is 0 Å². The van der Waals surface area contributed by atoms with E-state index in [1.54, 1.807) is 6.92 Å². The van der Waals surface area contributed by atoms with Crippen LogP contribution >= 0.6 is 0 Å².